The van der Waals surface area contributed by atoms with Gasteiger partial charge in [0.1, 0.15) is 17.8 Å². The SMILES string of the molecule is COC(=O)c1cc(C(F)(F)F)n(CC(=O)OC(C)(C)C)n1. The summed E-state index contributed by atoms with van der Waals surface area (Å²) in [6, 6.07) is 0.524. The van der Waals surface area contributed by atoms with Gasteiger partial charge < -0.3 is 9.47 Å². The normalized spacial score (nSPS) is 12.1. The predicted molar refractivity (Wildman–Crippen MR) is 64.4 cm³/mol. The third kappa shape index (κ3) is 4.76. The van der Waals surface area contributed by atoms with Crippen LogP contribution in [0.5, 0.6) is 0 Å². The third-order valence-corrected chi connectivity index (χ3v) is 2.16. The average Bonchev–Trinajstić information content (AvgIpc) is 2.68. The van der Waals surface area contributed by atoms with Gasteiger partial charge in [-0.2, -0.15) is 18.3 Å². The summed E-state index contributed by atoms with van der Waals surface area (Å²) in [5.74, 6) is -1.92. The second-order valence-corrected chi connectivity index (χ2v) is 5.15. The van der Waals surface area contributed by atoms with Crippen molar-refractivity contribution in [3.63, 3.8) is 0 Å². The molecule has 0 aliphatic carbocycles. The average molecular weight is 308 g/mol. The molecule has 1 rings (SSSR count). The highest BCUT2D eigenvalue weighted by Gasteiger charge is 2.37. The Morgan fingerprint density at radius 1 is 1.29 bits per heavy atom. The van der Waals surface area contributed by atoms with Crippen LogP contribution in [-0.4, -0.2) is 34.4 Å². The number of carbonyl (C=O) groups excluding carboxylic acids is 2. The number of aromatic nitrogens is 2. The van der Waals surface area contributed by atoms with E-state index in [4.69, 9.17) is 4.74 Å². The van der Waals surface area contributed by atoms with Crippen LogP contribution < -0.4 is 0 Å². The van der Waals surface area contributed by atoms with E-state index in [-0.39, 0.29) is 0 Å². The smallest absolute Gasteiger partial charge is 0.433 e. The fourth-order valence-electron chi connectivity index (χ4n) is 1.47. The molecule has 1 aromatic rings. The number of nitrogens with zero attached hydrogens (tertiary/aromatic N) is 2. The van der Waals surface area contributed by atoms with Crippen LogP contribution in [0.3, 0.4) is 0 Å². The largest absolute Gasteiger partial charge is 0.464 e. The molecule has 0 unspecified atom stereocenters. The summed E-state index contributed by atoms with van der Waals surface area (Å²) < 4.78 is 48.2. The summed E-state index contributed by atoms with van der Waals surface area (Å²) in [5, 5.41) is 3.44. The number of esters is 2. The maximum absolute atomic E-state index is 12.9. The molecule has 0 bridgehead atoms. The molecule has 0 aromatic carbocycles. The van der Waals surface area contributed by atoms with Crippen LogP contribution >= 0.6 is 0 Å². The van der Waals surface area contributed by atoms with E-state index in [1.165, 1.54) is 0 Å². The van der Waals surface area contributed by atoms with E-state index < -0.39 is 41.6 Å². The zero-order chi connectivity index (χ0) is 16.4. The van der Waals surface area contributed by atoms with Crippen molar-refractivity contribution < 1.29 is 32.2 Å². The zero-order valence-corrected chi connectivity index (χ0v) is 11.9. The number of halogens is 3. The van der Waals surface area contributed by atoms with Gasteiger partial charge in [0.15, 0.2) is 5.69 Å². The fourth-order valence-corrected chi connectivity index (χ4v) is 1.47. The monoisotopic (exact) mass is 308 g/mol. The van der Waals surface area contributed by atoms with Gasteiger partial charge in [-0.1, -0.05) is 0 Å². The number of alkyl halides is 3. The number of carbonyl (C=O) groups is 2. The second kappa shape index (κ2) is 5.74. The number of methoxy groups -OCH3 is 1. The van der Waals surface area contributed by atoms with Crippen molar-refractivity contribution in [1.29, 1.82) is 0 Å². The van der Waals surface area contributed by atoms with Crippen molar-refractivity contribution in [2.24, 2.45) is 0 Å². The molecule has 1 heterocycles. The van der Waals surface area contributed by atoms with E-state index in [9.17, 15) is 22.8 Å². The summed E-state index contributed by atoms with van der Waals surface area (Å²) in [7, 11) is 1.02. The van der Waals surface area contributed by atoms with Gasteiger partial charge in [0, 0.05) is 6.07 Å². The van der Waals surface area contributed by atoms with Crippen LogP contribution in [0.1, 0.15) is 37.0 Å². The summed E-state index contributed by atoms with van der Waals surface area (Å²) >= 11 is 0. The van der Waals surface area contributed by atoms with Crippen molar-refractivity contribution in [2.75, 3.05) is 7.11 Å². The molecule has 6 nitrogen and oxygen atoms in total. The van der Waals surface area contributed by atoms with Gasteiger partial charge in [0.25, 0.3) is 0 Å². The molecule has 21 heavy (non-hydrogen) atoms. The molecule has 0 radical (unpaired) electrons. The Kier molecular flexibility index (Phi) is 4.65. The topological polar surface area (TPSA) is 70.4 Å². The molecule has 0 spiro atoms. The molecule has 0 N–H and O–H groups in total. The predicted octanol–water partition coefficient (Wildman–Crippen LogP) is 2.03. The molecule has 9 heteroatoms. The third-order valence-electron chi connectivity index (χ3n) is 2.16. The van der Waals surface area contributed by atoms with Crippen molar-refractivity contribution in [2.45, 2.75) is 39.1 Å². The second-order valence-electron chi connectivity index (χ2n) is 5.15. The minimum Gasteiger partial charge on any atom is -0.464 e. The van der Waals surface area contributed by atoms with Crippen molar-refractivity contribution in [1.82, 2.24) is 9.78 Å². The number of hydrogen-bond acceptors (Lipinski definition) is 5. The lowest BCUT2D eigenvalue weighted by Gasteiger charge is -2.19. The lowest BCUT2D eigenvalue weighted by atomic mass is 10.2. The van der Waals surface area contributed by atoms with Crippen LogP contribution in [-0.2, 0) is 27.0 Å². The highest BCUT2D eigenvalue weighted by atomic mass is 19.4. The molecule has 1 aromatic heterocycles. The molecular formula is C12H15F3N2O4. The molecule has 0 atom stereocenters. The molecular weight excluding hydrogens is 293 g/mol. The summed E-state index contributed by atoms with van der Waals surface area (Å²) in [5.41, 5.74) is -2.60. The molecule has 0 amide bonds. The van der Waals surface area contributed by atoms with Gasteiger partial charge in [-0.15, -0.1) is 0 Å². The van der Waals surface area contributed by atoms with Crippen LogP contribution in [0.4, 0.5) is 13.2 Å². The molecule has 0 aliphatic rings. The maximum atomic E-state index is 12.9. The van der Waals surface area contributed by atoms with E-state index in [1.807, 2.05) is 0 Å². The molecule has 0 saturated heterocycles. The van der Waals surface area contributed by atoms with Gasteiger partial charge in [-0.25, -0.2) is 9.48 Å². The van der Waals surface area contributed by atoms with E-state index >= 15 is 0 Å². The summed E-state index contributed by atoms with van der Waals surface area (Å²) in [4.78, 5) is 22.8. The zero-order valence-electron chi connectivity index (χ0n) is 11.9. The first-order valence-corrected chi connectivity index (χ1v) is 5.89. The number of ether oxygens (including phenoxy) is 2. The van der Waals surface area contributed by atoms with E-state index in [0.717, 1.165) is 7.11 Å². The fraction of sp³-hybridized carbons (Fsp3) is 0.583. The minimum atomic E-state index is -4.76. The minimum absolute atomic E-state index is 0.375. The van der Waals surface area contributed by atoms with Crippen LogP contribution in [0.25, 0.3) is 0 Å². The van der Waals surface area contributed by atoms with Crippen molar-refractivity contribution >= 4 is 11.9 Å². The first-order chi connectivity index (χ1) is 9.44. The van der Waals surface area contributed by atoms with Crippen LogP contribution in [0.2, 0.25) is 0 Å². The Morgan fingerprint density at radius 2 is 1.86 bits per heavy atom. The first kappa shape index (κ1) is 17.0. The summed E-state index contributed by atoms with van der Waals surface area (Å²) in [6.07, 6.45) is -4.76. The Bertz CT molecular complexity index is 544. The molecule has 0 saturated carbocycles. The standard InChI is InChI=1S/C12H15F3N2O4/c1-11(2,3)21-9(18)6-17-8(12(13,14)15)5-7(16-17)10(19)20-4/h5H,6H2,1-4H3. The number of hydrogen-bond donors (Lipinski definition) is 0. The van der Waals surface area contributed by atoms with Gasteiger partial charge in [0.2, 0.25) is 0 Å². The van der Waals surface area contributed by atoms with Crippen LogP contribution in [0.15, 0.2) is 6.07 Å². The Labute approximate surface area is 118 Å². The van der Waals surface area contributed by atoms with Gasteiger partial charge in [-0.3, -0.25) is 4.79 Å². The van der Waals surface area contributed by atoms with Gasteiger partial charge >= 0.3 is 18.1 Å². The lowest BCUT2D eigenvalue weighted by molar-refractivity contribution is -0.158. The maximum Gasteiger partial charge on any atom is 0.433 e. The van der Waals surface area contributed by atoms with Gasteiger partial charge in [-0.05, 0) is 20.8 Å². The molecule has 118 valence electrons. The van der Waals surface area contributed by atoms with E-state index in [0.29, 0.717) is 10.7 Å². The highest BCUT2D eigenvalue weighted by molar-refractivity contribution is 5.87. The van der Waals surface area contributed by atoms with Gasteiger partial charge in [0.05, 0.1) is 7.11 Å². The van der Waals surface area contributed by atoms with Crippen LogP contribution in [0, 0.1) is 0 Å². The van der Waals surface area contributed by atoms with E-state index in [1.54, 1.807) is 20.8 Å². The highest BCUT2D eigenvalue weighted by Crippen LogP contribution is 2.30. The van der Waals surface area contributed by atoms with Crippen molar-refractivity contribution in [3.05, 3.63) is 17.5 Å². The molecule has 0 aliphatic heterocycles. The quantitative estimate of drug-likeness (QED) is 0.799. The summed E-state index contributed by atoms with van der Waals surface area (Å²) in [6.45, 7) is 3.98. The van der Waals surface area contributed by atoms with E-state index in [2.05, 4.69) is 9.84 Å². The van der Waals surface area contributed by atoms with Crippen molar-refractivity contribution in [3.8, 4) is 0 Å². The first-order valence-electron chi connectivity index (χ1n) is 5.89. The Morgan fingerprint density at radius 3 is 2.29 bits per heavy atom. The molecule has 0 fully saturated rings. The number of rotatable bonds is 3. The Hall–Kier alpha value is -2.06. The lowest BCUT2D eigenvalue weighted by Crippen LogP contribution is -2.28. The Balaban J connectivity index is 3.07.